The van der Waals surface area contributed by atoms with E-state index in [1.165, 1.54) is 30.0 Å². The van der Waals surface area contributed by atoms with Crippen molar-refractivity contribution >= 4 is 17.6 Å². The SMILES string of the molecule is CNc1cc(Oc2cccc(F)c2C#N)nc(SC)n1. The number of hydrogen-bond acceptors (Lipinski definition) is 6. The van der Waals surface area contributed by atoms with Crippen LogP contribution in [-0.4, -0.2) is 23.3 Å². The second kappa shape index (κ2) is 6.21. The molecule has 0 fully saturated rings. The molecule has 0 aliphatic carbocycles. The smallest absolute Gasteiger partial charge is 0.225 e. The number of halogens is 1. The van der Waals surface area contributed by atoms with Crippen LogP contribution in [0.2, 0.25) is 0 Å². The Hall–Kier alpha value is -2.33. The summed E-state index contributed by atoms with van der Waals surface area (Å²) in [5.41, 5.74) is -0.150. The highest BCUT2D eigenvalue weighted by Gasteiger charge is 2.12. The number of benzene rings is 1. The Morgan fingerprint density at radius 2 is 2.20 bits per heavy atom. The Kier molecular flexibility index (Phi) is 4.38. The minimum absolute atomic E-state index is 0.125. The van der Waals surface area contributed by atoms with Gasteiger partial charge in [0, 0.05) is 13.1 Å². The highest BCUT2D eigenvalue weighted by Crippen LogP contribution is 2.27. The summed E-state index contributed by atoms with van der Waals surface area (Å²) in [6.07, 6.45) is 1.83. The molecule has 0 radical (unpaired) electrons. The van der Waals surface area contributed by atoms with Gasteiger partial charge in [-0.3, -0.25) is 0 Å². The number of nitrogens with zero attached hydrogens (tertiary/aromatic N) is 3. The molecule has 0 aliphatic heterocycles. The fraction of sp³-hybridized carbons (Fsp3) is 0.154. The first-order valence-corrected chi connectivity index (χ1v) is 6.87. The third-order valence-electron chi connectivity index (χ3n) is 2.42. The van der Waals surface area contributed by atoms with E-state index in [0.29, 0.717) is 11.0 Å². The normalized spacial score (nSPS) is 9.90. The standard InChI is InChI=1S/C13H11FN4OS/c1-16-11-6-12(18-13(17-11)20-2)19-10-5-3-4-9(14)8(10)7-15/h3-6H,1-2H3,(H,16,17,18). The van der Waals surface area contributed by atoms with Crippen molar-refractivity contribution in [2.75, 3.05) is 18.6 Å². The van der Waals surface area contributed by atoms with Gasteiger partial charge in [-0.1, -0.05) is 17.8 Å². The van der Waals surface area contributed by atoms with E-state index in [2.05, 4.69) is 15.3 Å². The van der Waals surface area contributed by atoms with Gasteiger partial charge in [-0.2, -0.15) is 10.2 Å². The van der Waals surface area contributed by atoms with Crippen molar-refractivity contribution < 1.29 is 9.13 Å². The molecule has 0 bridgehead atoms. The lowest BCUT2D eigenvalue weighted by molar-refractivity contribution is 0.449. The quantitative estimate of drug-likeness (QED) is 0.689. The van der Waals surface area contributed by atoms with Crippen molar-refractivity contribution in [1.29, 1.82) is 5.26 Å². The Balaban J connectivity index is 2.40. The number of hydrogen-bond donors (Lipinski definition) is 1. The van der Waals surface area contributed by atoms with Gasteiger partial charge in [0.05, 0.1) is 0 Å². The first-order chi connectivity index (χ1) is 9.67. The van der Waals surface area contributed by atoms with Gasteiger partial charge in [0.25, 0.3) is 0 Å². The monoisotopic (exact) mass is 290 g/mol. The number of ether oxygens (including phenoxy) is 1. The number of aromatic nitrogens is 2. The molecular formula is C13H11FN4OS. The maximum Gasteiger partial charge on any atom is 0.225 e. The maximum atomic E-state index is 13.5. The zero-order chi connectivity index (χ0) is 14.5. The van der Waals surface area contributed by atoms with Crippen molar-refractivity contribution in [3.05, 3.63) is 35.6 Å². The van der Waals surface area contributed by atoms with Gasteiger partial charge < -0.3 is 10.1 Å². The molecule has 2 rings (SSSR count). The predicted molar refractivity (Wildman–Crippen MR) is 74.5 cm³/mol. The molecule has 1 aromatic carbocycles. The molecule has 102 valence electrons. The van der Waals surface area contributed by atoms with E-state index in [0.717, 1.165) is 0 Å². The fourth-order valence-electron chi connectivity index (χ4n) is 1.49. The van der Waals surface area contributed by atoms with Crippen LogP contribution in [0, 0.1) is 17.1 Å². The molecule has 0 saturated carbocycles. The van der Waals surface area contributed by atoms with Gasteiger partial charge in [0.15, 0.2) is 5.16 Å². The molecule has 1 aromatic heterocycles. The van der Waals surface area contributed by atoms with E-state index in [9.17, 15) is 4.39 Å². The first-order valence-electron chi connectivity index (χ1n) is 5.65. The van der Waals surface area contributed by atoms with Crippen LogP contribution in [0.5, 0.6) is 11.6 Å². The maximum absolute atomic E-state index is 13.5. The van der Waals surface area contributed by atoms with Crippen molar-refractivity contribution in [3.63, 3.8) is 0 Å². The Bertz CT molecular complexity index is 650. The Morgan fingerprint density at radius 1 is 1.40 bits per heavy atom. The van der Waals surface area contributed by atoms with Crippen LogP contribution in [0.25, 0.3) is 0 Å². The van der Waals surface area contributed by atoms with Crippen LogP contribution in [-0.2, 0) is 0 Å². The second-order valence-electron chi connectivity index (χ2n) is 3.65. The molecule has 0 unspecified atom stereocenters. The van der Waals surface area contributed by atoms with E-state index in [4.69, 9.17) is 10.00 Å². The summed E-state index contributed by atoms with van der Waals surface area (Å²) < 4.78 is 19.0. The molecule has 0 spiro atoms. The van der Waals surface area contributed by atoms with E-state index in [1.54, 1.807) is 19.2 Å². The van der Waals surface area contributed by atoms with Crippen LogP contribution in [0.15, 0.2) is 29.4 Å². The summed E-state index contributed by atoms with van der Waals surface area (Å²) in [5, 5.41) is 12.4. The van der Waals surface area contributed by atoms with Crippen LogP contribution < -0.4 is 10.1 Å². The third kappa shape index (κ3) is 2.97. The summed E-state index contributed by atoms with van der Waals surface area (Å²) in [6.45, 7) is 0. The number of nitriles is 1. The lowest BCUT2D eigenvalue weighted by Gasteiger charge is -2.09. The molecule has 0 saturated heterocycles. The minimum atomic E-state index is -0.627. The fourth-order valence-corrected chi connectivity index (χ4v) is 1.86. The van der Waals surface area contributed by atoms with Crippen molar-refractivity contribution in [2.24, 2.45) is 0 Å². The average molecular weight is 290 g/mol. The lowest BCUT2D eigenvalue weighted by atomic mass is 10.2. The van der Waals surface area contributed by atoms with Gasteiger partial charge in [-0.25, -0.2) is 9.37 Å². The molecule has 5 nitrogen and oxygen atoms in total. The molecule has 1 heterocycles. The Labute approximate surface area is 119 Å². The predicted octanol–water partition coefficient (Wildman–Crippen LogP) is 3.04. The molecule has 7 heteroatoms. The number of anilines is 1. The highest BCUT2D eigenvalue weighted by molar-refractivity contribution is 7.98. The van der Waals surface area contributed by atoms with Gasteiger partial charge in [0.2, 0.25) is 5.88 Å². The molecule has 0 aliphatic rings. The van der Waals surface area contributed by atoms with E-state index >= 15 is 0 Å². The highest BCUT2D eigenvalue weighted by atomic mass is 32.2. The summed E-state index contributed by atoms with van der Waals surface area (Å²) in [6, 6.07) is 7.55. The third-order valence-corrected chi connectivity index (χ3v) is 2.97. The molecule has 2 aromatic rings. The molecule has 0 atom stereocenters. The minimum Gasteiger partial charge on any atom is -0.437 e. The molecular weight excluding hydrogens is 279 g/mol. The molecule has 20 heavy (non-hydrogen) atoms. The van der Waals surface area contributed by atoms with Crippen molar-refractivity contribution in [1.82, 2.24) is 9.97 Å². The molecule has 1 N–H and O–H groups in total. The number of nitrogens with one attached hydrogen (secondary N) is 1. The van der Waals surface area contributed by atoms with Crippen LogP contribution >= 0.6 is 11.8 Å². The van der Waals surface area contributed by atoms with Gasteiger partial charge in [0.1, 0.15) is 29.0 Å². The zero-order valence-electron chi connectivity index (χ0n) is 10.8. The van der Waals surface area contributed by atoms with Gasteiger partial charge in [-0.15, -0.1) is 0 Å². The van der Waals surface area contributed by atoms with E-state index < -0.39 is 5.82 Å². The summed E-state index contributed by atoms with van der Waals surface area (Å²) >= 11 is 1.35. The Morgan fingerprint density at radius 3 is 2.85 bits per heavy atom. The first kappa shape index (κ1) is 14.1. The van der Waals surface area contributed by atoms with E-state index in [1.807, 2.05) is 6.26 Å². The van der Waals surface area contributed by atoms with Crippen LogP contribution in [0.3, 0.4) is 0 Å². The zero-order valence-corrected chi connectivity index (χ0v) is 11.7. The van der Waals surface area contributed by atoms with Crippen LogP contribution in [0.1, 0.15) is 5.56 Å². The van der Waals surface area contributed by atoms with Crippen LogP contribution in [0.4, 0.5) is 10.2 Å². The summed E-state index contributed by atoms with van der Waals surface area (Å²) in [4.78, 5) is 8.35. The van der Waals surface area contributed by atoms with Gasteiger partial charge >= 0.3 is 0 Å². The van der Waals surface area contributed by atoms with Gasteiger partial charge in [-0.05, 0) is 18.4 Å². The van der Waals surface area contributed by atoms with E-state index in [-0.39, 0.29) is 17.2 Å². The van der Waals surface area contributed by atoms with Crippen molar-refractivity contribution in [2.45, 2.75) is 5.16 Å². The average Bonchev–Trinajstić information content (AvgIpc) is 2.47. The number of thioether (sulfide) groups is 1. The molecule has 0 amide bonds. The number of rotatable bonds is 4. The second-order valence-corrected chi connectivity index (χ2v) is 4.43. The lowest BCUT2D eigenvalue weighted by Crippen LogP contribution is -1.99. The topological polar surface area (TPSA) is 70.8 Å². The largest absolute Gasteiger partial charge is 0.437 e. The summed E-state index contributed by atoms with van der Waals surface area (Å²) in [5.74, 6) is 0.323. The summed E-state index contributed by atoms with van der Waals surface area (Å²) in [7, 11) is 1.72. The van der Waals surface area contributed by atoms with Crippen molar-refractivity contribution in [3.8, 4) is 17.7 Å².